The zero-order valence-corrected chi connectivity index (χ0v) is 20.9. The average molecular weight is 477 g/mol. The van der Waals surface area contributed by atoms with Crippen molar-refractivity contribution in [1.82, 2.24) is 10.5 Å². The second-order valence-electron chi connectivity index (χ2n) is 9.90. The fraction of sp³-hybridized carbons (Fsp3) is 0.448. The minimum atomic E-state index is -0.118. The number of hydrogen-bond donors (Lipinski definition) is 3. The van der Waals surface area contributed by atoms with Crippen LogP contribution in [-0.2, 0) is 6.54 Å². The van der Waals surface area contributed by atoms with Gasteiger partial charge in [0.15, 0.2) is 17.2 Å². The van der Waals surface area contributed by atoms with Crippen LogP contribution in [0.5, 0.6) is 11.5 Å². The number of rotatable bonds is 9. The molecule has 1 aromatic heterocycles. The molecule has 0 radical (unpaired) electrons. The predicted molar refractivity (Wildman–Crippen MR) is 138 cm³/mol. The molecule has 35 heavy (non-hydrogen) atoms. The van der Waals surface area contributed by atoms with Crippen LogP contribution in [0, 0.1) is 0 Å². The number of Topliss-reactive ketones (excluding diaryl/α,β-unsaturated/α-hetero) is 1. The molecule has 0 atom stereocenters. The molecule has 0 spiro atoms. The van der Waals surface area contributed by atoms with Gasteiger partial charge in [-0.05, 0) is 47.9 Å². The lowest BCUT2D eigenvalue weighted by Crippen LogP contribution is -2.30. The number of nitrogens with zero attached hydrogens (tertiary/aromatic N) is 1. The van der Waals surface area contributed by atoms with Crippen LogP contribution in [0.1, 0.15) is 93.3 Å². The highest BCUT2D eigenvalue weighted by molar-refractivity contribution is 6.03. The summed E-state index contributed by atoms with van der Waals surface area (Å²) in [5.74, 6) is 0.184. The fourth-order valence-corrected chi connectivity index (χ4v) is 4.87. The van der Waals surface area contributed by atoms with Crippen molar-refractivity contribution < 1.29 is 19.5 Å². The van der Waals surface area contributed by atoms with E-state index in [1.165, 1.54) is 43.7 Å². The van der Waals surface area contributed by atoms with Crippen molar-refractivity contribution in [2.75, 3.05) is 0 Å². The topological polar surface area (TPSA) is 95.6 Å². The summed E-state index contributed by atoms with van der Waals surface area (Å²) < 4.78 is 5.69. The molecule has 0 aliphatic heterocycles. The number of aromatic hydroxyl groups is 2. The Kier molecular flexibility index (Phi) is 7.91. The maximum absolute atomic E-state index is 12.9. The number of nitrogens with one attached hydrogen (secondary N) is 1. The molecule has 6 heteroatoms. The van der Waals surface area contributed by atoms with Crippen LogP contribution in [0.4, 0.5) is 0 Å². The minimum Gasteiger partial charge on any atom is -0.508 e. The van der Waals surface area contributed by atoms with E-state index in [0.717, 1.165) is 12.1 Å². The van der Waals surface area contributed by atoms with E-state index >= 15 is 0 Å². The first-order valence-corrected chi connectivity index (χ1v) is 12.8. The number of carbonyl (C=O) groups is 1. The lowest BCUT2D eigenvalue weighted by Gasteiger charge is -2.22. The van der Waals surface area contributed by atoms with E-state index in [4.69, 9.17) is 4.52 Å². The molecule has 0 saturated heterocycles. The quantitative estimate of drug-likeness (QED) is 0.289. The summed E-state index contributed by atoms with van der Waals surface area (Å²) in [6.07, 6.45) is 7.46. The number of ketones is 1. The van der Waals surface area contributed by atoms with E-state index < -0.39 is 0 Å². The Morgan fingerprint density at radius 1 is 1.09 bits per heavy atom. The Labute approximate surface area is 207 Å². The van der Waals surface area contributed by atoms with Crippen molar-refractivity contribution in [2.45, 2.75) is 84.2 Å². The predicted octanol–water partition coefficient (Wildman–Crippen LogP) is 6.95. The maximum atomic E-state index is 12.9. The van der Waals surface area contributed by atoms with Gasteiger partial charge in [0.2, 0.25) is 0 Å². The van der Waals surface area contributed by atoms with Gasteiger partial charge in [0.05, 0.1) is 11.1 Å². The van der Waals surface area contributed by atoms with Crippen LogP contribution in [0.3, 0.4) is 0 Å². The van der Waals surface area contributed by atoms with Crippen LogP contribution in [0.2, 0.25) is 0 Å². The number of phenols is 2. The molecule has 3 N–H and O–H groups in total. The Morgan fingerprint density at radius 3 is 2.46 bits per heavy atom. The normalized spacial score (nSPS) is 14.5. The van der Waals surface area contributed by atoms with Crippen molar-refractivity contribution >= 4 is 5.78 Å². The second-order valence-corrected chi connectivity index (χ2v) is 9.90. The van der Waals surface area contributed by atoms with Gasteiger partial charge in [-0.3, -0.25) is 4.79 Å². The van der Waals surface area contributed by atoms with Crippen molar-refractivity contribution in [3.05, 3.63) is 53.2 Å². The van der Waals surface area contributed by atoms with Gasteiger partial charge in [-0.2, -0.15) is 0 Å². The molecule has 0 unspecified atom stereocenters. The van der Waals surface area contributed by atoms with Crippen LogP contribution in [0.15, 0.2) is 40.9 Å². The molecule has 1 heterocycles. The molecule has 2 aromatic carbocycles. The summed E-state index contributed by atoms with van der Waals surface area (Å²) in [5, 5.41) is 28.8. The Morgan fingerprint density at radius 2 is 1.80 bits per heavy atom. The van der Waals surface area contributed by atoms with Gasteiger partial charge < -0.3 is 20.1 Å². The molecule has 3 aromatic rings. The molecule has 4 rings (SSSR count). The number of phenolic OH excluding ortho intramolecular Hbond substituents is 2. The lowest BCUT2D eigenvalue weighted by molar-refractivity contribution is 0.0973. The molecule has 6 nitrogen and oxygen atoms in total. The summed E-state index contributed by atoms with van der Waals surface area (Å²) in [7, 11) is 0. The minimum absolute atomic E-state index is 0.0272. The molecule has 1 aliphatic rings. The van der Waals surface area contributed by atoms with Gasteiger partial charge in [0.25, 0.3) is 0 Å². The van der Waals surface area contributed by atoms with Crippen molar-refractivity contribution in [3.63, 3.8) is 0 Å². The van der Waals surface area contributed by atoms with Gasteiger partial charge in [-0.25, -0.2) is 0 Å². The molecule has 1 saturated carbocycles. The first-order valence-electron chi connectivity index (χ1n) is 12.8. The average Bonchev–Trinajstić information content (AvgIpc) is 3.29. The van der Waals surface area contributed by atoms with E-state index in [2.05, 4.69) is 22.6 Å². The van der Waals surface area contributed by atoms with Gasteiger partial charge in [-0.1, -0.05) is 69.5 Å². The molecule has 186 valence electrons. The number of benzene rings is 2. The van der Waals surface area contributed by atoms with Crippen LogP contribution in [-0.4, -0.2) is 27.2 Å². The largest absolute Gasteiger partial charge is 0.508 e. The van der Waals surface area contributed by atoms with E-state index in [0.29, 0.717) is 41.3 Å². The van der Waals surface area contributed by atoms with E-state index in [1.807, 2.05) is 32.9 Å². The summed E-state index contributed by atoms with van der Waals surface area (Å²) in [4.78, 5) is 12.9. The third-order valence-corrected chi connectivity index (χ3v) is 6.89. The van der Waals surface area contributed by atoms with Gasteiger partial charge in [0.1, 0.15) is 11.5 Å². The molecule has 1 aliphatic carbocycles. The van der Waals surface area contributed by atoms with Crippen LogP contribution in [0.25, 0.3) is 22.5 Å². The van der Waals surface area contributed by atoms with Crippen LogP contribution >= 0.6 is 0 Å². The zero-order valence-electron chi connectivity index (χ0n) is 20.9. The SMILES string of the molecule is CCCC(=O)c1noc(-c2cc(C(C)C)c(O)cc2O)c1-c1ccc(CNC2CCCCC2)cc1. The van der Waals surface area contributed by atoms with Crippen LogP contribution < -0.4 is 5.32 Å². The Balaban J connectivity index is 1.70. The van der Waals surface area contributed by atoms with Gasteiger partial charge >= 0.3 is 0 Å². The first-order chi connectivity index (χ1) is 16.9. The monoisotopic (exact) mass is 476 g/mol. The highest BCUT2D eigenvalue weighted by atomic mass is 16.5. The fourth-order valence-electron chi connectivity index (χ4n) is 4.87. The molecule has 1 fully saturated rings. The van der Waals surface area contributed by atoms with E-state index in [-0.39, 0.29) is 28.9 Å². The summed E-state index contributed by atoms with van der Waals surface area (Å²) in [5.41, 5.74) is 3.92. The van der Waals surface area contributed by atoms with Gasteiger partial charge in [0, 0.05) is 25.1 Å². The van der Waals surface area contributed by atoms with Crippen molar-refractivity contribution in [3.8, 4) is 33.9 Å². The van der Waals surface area contributed by atoms with E-state index in [1.54, 1.807) is 6.07 Å². The smallest absolute Gasteiger partial charge is 0.185 e. The lowest BCUT2D eigenvalue weighted by atomic mass is 9.93. The summed E-state index contributed by atoms with van der Waals surface area (Å²) in [6.45, 7) is 6.69. The highest BCUT2D eigenvalue weighted by Gasteiger charge is 2.26. The standard InChI is InChI=1S/C29H36N2O4/c1-4-8-24(32)28-27(20-13-11-19(12-14-20)17-30-21-9-6-5-7-10-21)29(35-31-28)23-15-22(18(2)3)25(33)16-26(23)34/h11-16,18,21,30,33-34H,4-10,17H2,1-3H3. The van der Waals surface area contributed by atoms with Crippen molar-refractivity contribution in [1.29, 1.82) is 0 Å². The highest BCUT2D eigenvalue weighted by Crippen LogP contribution is 2.43. The third-order valence-electron chi connectivity index (χ3n) is 6.89. The zero-order chi connectivity index (χ0) is 24.9. The second kappa shape index (κ2) is 11.1. The Bertz CT molecular complexity index is 1160. The third kappa shape index (κ3) is 5.59. The maximum Gasteiger partial charge on any atom is 0.185 e. The Hall–Kier alpha value is -3.12. The van der Waals surface area contributed by atoms with E-state index in [9.17, 15) is 15.0 Å². The molecular formula is C29H36N2O4. The summed E-state index contributed by atoms with van der Waals surface area (Å²) in [6, 6.07) is 11.7. The number of aromatic nitrogens is 1. The summed E-state index contributed by atoms with van der Waals surface area (Å²) >= 11 is 0. The molecular weight excluding hydrogens is 440 g/mol. The van der Waals surface area contributed by atoms with Crippen molar-refractivity contribution in [2.24, 2.45) is 0 Å². The first kappa shape index (κ1) is 25.0. The number of hydrogen-bond acceptors (Lipinski definition) is 6. The molecule has 0 bridgehead atoms. The number of carbonyl (C=O) groups excluding carboxylic acids is 1. The molecule has 0 amide bonds. The van der Waals surface area contributed by atoms with Gasteiger partial charge in [-0.15, -0.1) is 0 Å².